The second kappa shape index (κ2) is 9.22. The third kappa shape index (κ3) is 4.36. The van der Waals surface area contributed by atoms with Gasteiger partial charge in [0, 0.05) is 10.9 Å². The van der Waals surface area contributed by atoms with Gasteiger partial charge in [-0.1, -0.05) is 30.3 Å². The minimum Gasteiger partial charge on any atom is -0.496 e. The molecule has 0 aliphatic carbocycles. The van der Waals surface area contributed by atoms with Gasteiger partial charge in [-0.25, -0.2) is 4.79 Å². The number of esters is 1. The number of rotatable bonds is 5. The molecule has 0 saturated carbocycles. The highest BCUT2D eigenvalue weighted by molar-refractivity contribution is 6.26. The maximum atomic E-state index is 14.3. The second-order valence-corrected chi connectivity index (χ2v) is 8.67. The molecule has 1 aliphatic rings. The van der Waals surface area contributed by atoms with Gasteiger partial charge < -0.3 is 19.9 Å². The van der Waals surface area contributed by atoms with Crippen LogP contribution < -0.4 is 10.5 Å². The fraction of sp³-hybridized carbons (Fsp3) is 0.259. The van der Waals surface area contributed by atoms with E-state index in [1.807, 2.05) is 0 Å². The van der Waals surface area contributed by atoms with Crippen LogP contribution in [0.3, 0.4) is 0 Å². The molecule has 0 fully saturated rings. The van der Waals surface area contributed by atoms with Gasteiger partial charge in [-0.05, 0) is 55.5 Å². The average molecular weight is 499 g/mol. The summed E-state index contributed by atoms with van der Waals surface area (Å²) >= 11 is 0. The lowest BCUT2D eigenvalue weighted by Crippen LogP contribution is -2.19. The van der Waals surface area contributed by atoms with Crippen LogP contribution in [-0.4, -0.2) is 25.0 Å². The monoisotopic (exact) mass is 499 g/mol. The molecule has 6 nitrogen and oxygen atoms in total. The van der Waals surface area contributed by atoms with E-state index in [-0.39, 0.29) is 50.9 Å². The fourth-order valence-electron chi connectivity index (χ4n) is 4.46. The van der Waals surface area contributed by atoms with Crippen LogP contribution in [0.1, 0.15) is 52.6 Å². The van der Waals surface area contributed by atoms with Crippen LogP contribution in [0.2, 0.25) is 0 Å². The molecule has 188 valence electrons. The van der Waals surface area contributed by atoms with Crippen molar-refractivity contribution in [1.82, 2.24) is 0 Å². The number of fused-ring (bicyclic) bond motifs is 1. The first-order valence-corrected chi connectivity index (χ1v) is 11.1. The summed E-state index contributed by atoms with van der Waals surface area (Å²) in [6.07, 6.45) is -6.81. The molecular formula is C27H24F3NO5. The van der Waals surface area contributed by atoms with Gasteiger partial charge in [0.05, 0.1) is 29.9 Å². The average Bonchev–Trinajstić information content (AvgIpc) is 3.09. The number of hydrogen-bond donors (Lipinski definition) is 1. The van der Waals surface area contributed by atoms with Crippen molar-refractivity contribution >= 4 is 28.1 Å². The molecule has 2 N–H and O–H groups in total. The van der Waals surface area contributed by atoms with E-state index < -0.39 is 29.6 Å². The number of carbonyl (C=O) groups is 2. The summed E-state index contributed by atoms with van der Waals surface area (Å²) < 4.78 is 59.1. The molecule has 0 radical (unpaired) electrons. The van der Waals surface area contributed by atoms with E-state index in [1.165, 1.54) is 50.4 Å². The van der Waals surface area contributed by atoms with Gasteiger partial charge >= 0.3 is 12.1 Å². The molecular weight excluding hydrogens is 475 g/mol. The first-order valence-electron chi connectivity index (χ1n) is 11.1. The minimum atomic E-state index is -4.78. The number of nitrogens with two attached hydrogens (primary N) is 1. The molecule has 0 saturated heterocycles. The standard InChI is InChI=1S/C27H24F3NO5/c1-13(2)35-26(33)17-9-5-7-16(12-17)20-23(32)24(36-25(20)31)21-19-15(8-6-10-18(19)34-4)11-14(3)22(21)27(28,29)30/h5-13,24H,31H2,1-4H3. The summed E-state index contributed by atoms with van der Waals surface area (Å²) in [5.74, 6) is -1.54. The molecule has 1 heterocycles. The van der Waals surface area contributed by atoms with Gasteiger partial charge in [-0.3, -0.25) is 4.79 Å². The van der Waals surface area contributed by atoms with Crippen LogP contribution in [0.4, 0.5) is 13.2 Å². The molecule has 4 rings (SSSR count). The topological polar surface area (TPSA) is 87.8 Å². The first-order chi connectivity index (χ1) is 16.9. The number of methoxy groups -OCH3 is 1. The van der Waals surface area contributed by atoms with Gasteiger partial charge in [-0.2, -0.15) is 13.2 Å². The van der Waals surface area contributed by atoms with Crippen molar-refractivity contribution < 1.29 is 37.0 Å². The molecule has 0 amide bonds. The molecule has 0 aromatic heterocycles. The molecule has 1 aliphatic heterocycles. The van der Waals surface area contributed by atoms with Crippen molar-refractivity contribution in [1.29, 1.82) is 0 Å². The first kappa shape index (κ1) is 25.1. The Kier molecular flexibility index (Phi) is 6.43. The Bertz CT molecular complexity index is 1410. The molecule has 0 bridgehead atoms. The van der Waals surface area contributed by atoms with Crippen LogP contribution in [0.5, 0.6) is 5.75 Å². The third-order valence-corrected chi connectivity index (χ3v) is 5.83. The van der Waals surface area contributed by atoms with Crippen molar-refractivity contribution in [3.8, 4) is 5.75 Å². The van der Waals surface area contributed by atoms with Crippen LogP contribution in [-0.2, 0) is 20.4 Å². The molecule has 3 aromatic rings. The van der Waals surface area contributed by atoms with Crippen molar-refractivity contribution in [2.24, 2.45) is 5.73 Å². The van der Waals surface area contributed by atoms with Gasteiger partial charge in [0.15, 0.2) is 12.0 Å². The number of alkyl halides is 3. The highest BCUT2D eigenvalue weighted by atomic mass is 19.4. The van der Waals surface area contributed by atoms with E-state index in [4.69, 9.17) is 19.9 Å². The Labute approximate surface area is 205 Å². The summed E-state index contributed by atoms with van der Waals surface area (Å²) in [5, 5.41) is 0.566. The lowest BCUT2D eigenvalue weighted by molar-refractivity contribution is -0.140. The smallest absolute Gasteiger partial charge is 0.417 e. The van der Waals surface area contributed by atoms with E-state index in [2.05, 4.69) is 0 Å². The Morgan fingerprint density at radius 2 is 1.81 bits per heavy atom. The van der Waals surface area contributed by atoms with Gasteiger partial charge in [0.2, 0.25) is 5.78 Å². The molecule has 1 atom stereocenters. The number of hydrogen-bond acceptors (Lipinski definition) is 6. The summed E-state index contributed by atoms with van der Waals surface area (Å²) in [6.45, 7) is 4.71. The summed E-state index contributed by atoms with van der Waals surface area (Å²) in [5.41, 5.74) is 4.92. The van der Waals surface area contributed by atoms with E-state index in [9.17, 15) is 22.8 Å². The minimum absolute atomic E-state index is 0.0693. The lowest BCUT2D eigenvalue weighted by atomic mass is 9.87. The number of aryl methyl sites for hydroxylation is 1. The predicted molar refractivity (Wildman–Crippen MR) is 127 cm³/mol. The quantitative estimate of drug-likeness (QED) is 0.453. The highest BCUT2D eigenvalue weighted by Gasteiger charge is 2.45. The van der Waals surface area contributed by atoms with Gasteiger partial charge in [-0.15, -0.1) is 0 Å². The zero-order valence-electron chi connectivity index (χ0n) is 20.0. The van der Waals surface area contributed by atoms with Crippen LogP contribution in [0, 0.1) is 6.92 Å². The van der Waals surface area contributed by atoms with Crippen molar-refractivity contribution in [3.05, 3.63) is 82.2 Å². The maximum absolute atomic E-state index is 14.3. The number of Topliss-reactive ketones (excluding diaryl/α,β-unsaturated/α-hetero) is 1. The number of ether oxygens (including phenoxy) is 3. The molecule has 3 aromatic carbocycles. The Morgan fingerprint density at radius 1 is 1.11 bits per heavy atom. The maximum Gasteiger partial charge on any atom is 0.417 e. The summed E-state index contributed by atoms with van der Waals surface area (Å²) in [7, 11) is 1.34. The zero-order chi connectivity index (χ0) is 26.4. The van der Waals surface area contributed by atoms with E-state index in [0.717, 1.165) is 0 Å². The Morgan fingerprint density at radius 3 is 2.44 bits per heavy atom. The SMILES string of the molecule is COc1cccc2cc(C)c(C(F)(F)F)c(C3OC(N)=C(c4cccc(C(=O)OC(C)C)c4)C3=O)c12. The number of benzene rings is 3. The van der Waals surface area contributed by atoms with Crippen molar-refractivity contribution in [2.45, 2.75) is 39.2 Å². The Balaban J connectivity index is 1.88. The van der Waals surface area contributed by atoms with Crippen LogP contribution >= 0.6 is 0 Å². The lowest BCUT2D eigenvalue weighted by Gasteiger charge is -2.23. The highest BCUT2D eigenvalue weighted by Crippen LogP contribution is 2.48. The molecule has 9 heteroatoms. The van der Waals surface area contributed by atoms with Gasteiger partial charge in [0.1, 0.15) is 5.75 Å². The molecule has 36 heavy (non-hydrogen) atoms. The predicted octanol–water partition coefficient (Wildman–Crippen LogP) is 5.71. The largest absolute Gasteiger partial charge is 0.496 e. The van der Waals surface area contributed by atoms with Crippen LogP contribution in [0.25, 0.3) is 16.3 Å². The van der Waals surface area contributed by atoms with Crippen molar-refractivity contribution in [3.63, 3.8) is 0 Å². The van der Waals surface area contributed by atoms with Crippen molar-refractivity contribution in [2.75, 3.05) is 7.11 Å². The van der Waals surface area contributed by atoms with Crippen LogP contribution in [0.15, 0.2) is 54.4 Å². The summed E-state index contributed by atoms with van der Waals surface area (Å²) in [4.78, 5) is 26.0. The fourth-order valence-corrected chi connectivity index (χ4v) is 4.46. The zero-order valence-corrected chi connectivity index (χ0v) is 20.0. The van der Waals surface area contributed by atoms with E-state index >= 15 is 0 Å². The van der Waals surface area contributed by atoms with Gasteiger partial charge in [0.25, 0.3) is 0 Å². The molecule has 0 spiro atoms. The van der Waals surface area contributed by atoms with E-state index in [1.54, 1.807) is 26.0 Å². The number of halogens is 3. The Hall–Kier alpha value is -4.01. The number of carbonyl (C=O) groups excluding carboxylic acids is 2. The van der Waals surface area contributed by atoms with E-state index in [0.29, 0.717) is 5.39 Å². The normalized spacial score (nSPS) is 16.0. The summed E-state index contributed by atoms with van der Waals surface area (Å²) in [6, 6.07) is 12.1. The third-order valence-electron chi connectivity index (χ3n) is 5.83. The molecule has 1 unspecified atom stereocenters. The second-order valence-electron chi connectivity index (χ2n) is 8.67. The number of ketones is 1.